The van der Waals surface area contributed by atoms with E-state index in [2.05, 4.69) is 25.3 Å². The Hall–Kier alpha value is -2.18. The summed E-state index contributed by atoms with van der Waals surface area (Å²) < 4.78 is 0. The molecule has 0 fully saturated rings. The average molecular weight is 235 g/mol. The van der Waals surface area contributed by atoms with Gasteiger partial charge in [0.25, 0.3) is 0 Å². The molecule has 0 radical (unpaired) electrons. The number of fused-ring (bicyclic) bond motifs is 1. The summed E-state index contributed by atoms with van der Waals surface area (Å²) in [6, 6.07) is 0. The van der Waals surface area contributed by atoms with Crippen LogP contribution in [0.5, 0.6) is 0 Å². The number of H-pyrrole nitrogens is 1. The van der Waals surface area contributed by atoms with E-state index in [1.165, 1.54) is 12.7 Å². The van der Waals surface area contributed by atoms with Crippen LogP contribution in [0, 0.1) is 0 Å². The van der Waals surface area contributed by atoms with Gasteiger partial charge in [-0.25, -0.2) is 19.7 Å². The minimum atomic E-state index is -1.06. The quantitative estimate of drug-likeness (QED) is 0.730. The van der Waals surface area contributed by atoms with Crippen molar-refractivity contribution in [3.63, 3.8) is 0 Å². The average Bonchev–Trinajstić information content (AvgIpc) is 2.77. The first-order chi connectivity index (χ1) is 8.07. The second-order valence-electron chi connectivity index (χ2n) is 3.94. The number of anilines is 1. The van der Waals surface area contributed by atoms with Gasteiger partial charge in [0.1, 0.15) is 17.4 Å². The van der Waals surface area contributed by atoms with Crippen LogP contribution in [0.25, 0.3) is 11.2 Å². The van der Waals surface area contributed by atoms with Crippen LogP contribution in [0.3, 0.4) is 0 Å². The zero-order valence-electron chi connectivity index (χ0n) is 9.56. The van der Waals surface area contributed by atoms with Gasteiger partial charge in [-0.2, -0.15) is 0 Å². The summed E-state index contributed by atoms with van der Waals surface area (Å²) in [4.78, 5) is 26.1. The Morgan fingerprint density at radius 2 is 2.29 bits per heavy atom. The Morgan fingerprint density at radius 3 is 2.94 bits per heavy atom. The number of carboxylic acid groups (broad SMARTS) is 1. The second-order valence-corrected chi connectivity index (χ2v) is 3.94. The maximum absolute atomic E-state index is 11.2. The largest absolute Gasteiger partial charge is 0.480 e. The van der Waals surface area contributed by atoms with Crippen LogP contribution in [0.2, 0.25) is 0 Å². The number of rotatable bonds is 4. The molecular formula is C10H13N5O2. The van der Waals surface area contributed by atoms with E-state index in [-0.39, 0.29) is 0 Å². The Labute approximate surface area is 97.3 Å². The van der Waals surface area contributed by atoms with E-state index in [1.54, 1.807) is 13.8 Å². The van der Waals surface area contributed by atoms with Crippen molar-refractivity contribution in [2.75, 3.05) is 5.32 Å². The molecule has 7 heteroatoms. The molecule has 7 nitrogen and oxygen atoms in total. The molecule has 0 aliphatic heterocycles. The molecule has 1 unspecified atom stereocenters. The summed E-state index contributed by atoms with van der Waals surface area (Å²) in [5.74, 6) is -0.481. The predicted molar refractivity (Wildman–Crippen MR) is 61.6 cm³/mol. The Kier molecular flexibility index (Phi) is 2.66. The van der Waals surface area contributed by atoms with Gasteiger partial charge in [0, 0.05) is 0 Å². The number of nitrogens with zero attached hydrogens (tertiary/aromatic N) is 3. The van der Waals surface area contributed by atoms with E-state index >= 15 is 0 Å². The minimum Gasteiger partial charge on any atom is -0.480 e. The van der Waals surface area contributed by atoms with Crippen molar-refractivity contribution in [1.29, 1.82) is 0 Å². The summed E-state index contributed by atoms with van der Waals surface area (Å²) >= 11 is 0. The zero-order valence-corrected chi connectivity index (χ0v) is 9.56. The molecular weight excluding hydrogens is 222 g/mol. The lowest BCUT2D eigenvalue weighted by Gasteiger charge is -2.25. The molecule has 17 heavy (non-hydrogen) atoms. The van der Waals surface area contributed by atoms with Crippen LogP contribution in [0.15, 0.2) is 12.7 Å². The van der Waals surface area contributed by atoms with E-state index < -0.39 is 11.5 Å². The van der Waals surface area contributed by atoms with Crippen molar-refractivity contribution in [2.24, 2.45) is 0 Å². The number of aromatic amines is 1. The van der Waals surface area contributed by atoms with Gasteiger partial charge in [0.2, 0.25) is 0 Å². The molecule has 3 N–H and O–H groups in total. The Bertz CT molecular complexity index is 552. The molecule has 90 valence electrons. The molecule has 0 aliphatic rings. The van der Waals surface area contributed by atoms with Crippen LogP contribution in [-0.2, 0) is 4.79 Å². The topological polar surface area (TPSA) is 104 Å². The highest BCUT2D eigenvalue weighted by Gasteiger charge is 2.31. The molecule has 2 rings (SSSR count). The van der Waals surface area contributed by atoms with Crippen molar-refractivity contribution in [3.05, 3.63) is 12.7 Å². The highest BCUT2D eigenvalue weighted by molar-refractivity contribution is 5.87. The van der Waals surface area contributed by atoms with E-state index in [4.69, 9.17) is 0 Å². The Balaban J connectivity index is 2.41. The lowest BCUT2D eigenvalue weighted by Crippen LogP contribution is -2.43. The normalized spacial score (nSPS) is 14.5. The van der Waals surface area contributed by atoms with Crippen molar-refractivity contribution >= 4 is 23.0 Å². The standard InChI is InChI=1S/C10H13N5O2/c1-3-10(2,9(16)17)15-8-6-7(12-4-11-6)13-5-14-8/h4-5H,3H2,1-2H3,(H,16,17)(H2,11,12,13,14,15). The molecule has 0 bridgehead atoms. The summed E-state index contributed by atoms with van der Waals surface area (Å²) in [7, 11) is 0. The van der Waals surface area contributed by atoms with Crippen LogP contribution >= 0.6 is 0 Å². The van der Waals surface area contributed by atoms with Gasteiger partial charge >= 0.3 is 5.97 Å². The minimum absolute atomic E-state index is 0.433. The molecule has 2 aromatic heterocycles. The first-order valence-electron chi connectivity index (χ1n) is 5.22. The maximum Gasteiger partial charge on any atom is 0.329 e. The molecule has 0 saturated carbocycles. The smallest absolute Gasteiger partial charge is 0.329 e. The molecule has 0 aromatic carbocycles. The number of carbonyl (C=O) groups is 1. The van der Waals surface area contributed by atoms with Crippen LogP contribution in [-0.4, -0.2) is 36.6 Å². The van der Waals surface area contributed by atoms with Gasteiger partial charge in [-0.3, -0.25) is 0 Å². The van der Waals surface area contributed by atoms with E-state index in [1.807, 2.05) is 0 Å². The zero-order chi connectivity index (χ0) is 12.5. The summed E-state index contributed by atoms with van der Waals surface area (Å²) in [5.41, 5.74) is 0.0478. The lowest BCUT2D eigenvalue weighted by atomic mass is 9.99. The van der Waals surface area contributed by atoms with Crippen LogP contribution in [0.4, 0.5) is 5.82 Å². The van der Waals surface area contributed by atoms with Gasteiger partial charge in [-0.05, 0) is 13.3 Å². The number of nitrogens with one attached hydrogen (secondary N) is 2. The molecule has 0 saturated heterocycles. The molecule has 2 aromatic rings. The van der Waals surface area contributed by atoms with E-state index in [9.17, 15) is 9.90 Å². The van der Waals surface area contributed by atoms with Gasteiger partial charge in [-0.1, -0.05) is 6.92 Å². The molecule has 0 amide bonds. The van der Waals surface area contributed by atoms with Crippen molar-refractivity contribution < 1.29 is 9.90 Å². The third-order valence-electron chi connectivity index (χ3n) is 2.80. The first-order valence-corrected chi connectivity index (χ1v) is 5.22. The SMILES string of the molecule is CCC(C)(Nc1ncnc2nc[nH]c12)C(=O)O. The van der Waals surface area contributed by atoms with Gasteiger partial charge in [0.15, 0.2) is 11.5 Å². The third kappa shape index (κ3) is 1.91. The van der Waals surface area contributed by atoms with Crippen molar-refractivity contribution in [1.82, 2.24) is 19.9 Å². The predicted octanol–water partition coefficient (Wildman–Crippen LogP) is 1.02. The fourth-order valence-corrected chi connectivity index (χ4v) is 1.41. The molecule has 1 atom stereocenters. The van der Waals surface area contributed by atoms with Crippen LogP contribution in [0.1, 0.15) is 20.3 Å². The van der Waals surface area contributed by atoms with Gasteiger partial charge < -0.3 is 15.4 Å². The summed E-state index contributed by atoms with van der Waals surface area (Å²) in [6.07, 6.45) is 3.28. The molecule has 0 spiro atoms. The number of imidazole rings is 1. The van der Waals surface area contributed by atoms with Crippen LogP contribution < -0.4 is 5.32 Å². The van der Waals surface area contributed by atoms with E-state index in [0.29, 0.717) is 23.4 Å². The number of aromatic nitrogens is 4. The number of carboxylic acids is 1. The Morgan fingerprint density at radius 1 is 1.53 bits per heavy atom. The number of hydrogen-bond acceptors (Lipinski definition) is 5. The monoisotopic (exact) mass is 235 g/mol. The second kappa shape index (κ2) is 4.00. The fraction of sp³-hybridized carbons (Fsp3) is 0.400. The molecule has 2 heterocycles. The van der Waals surface area contributed by atoms with Crippen molar-refractivity contribution in [2.45, 2.75) is 25.8 Å². The van der Waals surface area contributed by atoms with Crippen molar-refractivity contribution in [3.8, 4) is 0 Å². The first kappa shape index (κ1) is 11.3. The van der Waals surface area contributed by atoms with Gasteiger partial charge in [-0.15, -0.1) is 0 Å². The number of aliphatic carboxylic acids is 1. The third-order valence-corrected chi connectivity index (χ3v) is 2.80. The lowest BCUT2D eigenvalue weighted by molar-refractivity contribution is -0.141. The highest BCUT2D eigenvalue weighted by atomic mass is 16.4. The van der Waals surface area contributed by atoms with E-state index in [0.717, 1.165) is 0 Å². The van der Waals surface area contributed by atoms with Gasteiger partial charge in [0.05, 0.1) is 6.33 Å². The number of hydrogen-bond donors (Lipinski definition) is 3. The highest BCUT2D eigenvalue weighted by Crippen LogP contribution is 2.21. The maximum atomic E-state index is 11.2. The summed E-state index contributed by atoms with van der Waals surface area (Å²) in [5, 5.41) is 12.1. The molecule has 0 aliphatic carbocycles. The summed E-state index contributed by atoms with van der Waals surface area (Å²) in [6.45, 7) is 3.41. The fourth-order valence-electron chi connectivity index (χ4n) is 1.41.